The SMILES string of the molecule is COc1cccc(Cl)c1CNC(C)CC(C)(C)OC. The molecule has 1 rings (SSSR count). The zero-order valence-electron chi connectivity index (χ0n) is 12.4. The number of hydrogen-bond donors (Lipinski definition) is 1. The van der Waals surface area contributed by atoms with Crippen LogP contribution in [-0.4, -0.2) is 25.9 Å². The number of benzene rings is 1. The Bertz CT molecular complexity index is 407. The van der Waals surface area contributed by atoms with Crippen LogP contribution in [0.25, 0.3) is 0 Å². The number of methoxy groups -OCH3 is 2. The van der Waals surface area contributed by atoms with Crippen LogP contribution in [0, 0.1) is 0 Å². The molecule has 1 unspecified atom stereocenters. The molecule has 3 nitrogen and oxygen atoms in total. The van der Waals surface area contributed by atoms with Gasteiger partial charge in [-0.3, -0.25) is 0 Å². The van der Waals surface area contributed by atoms with E-state index in [1.807, 2.05) is 18.2 Å². The Labute approximate surface area is 121 Å². The molecule has 1 aromatic carbocycles. The number of halogens is 1. The first kappa shape index (κ1) is 16.3. The highest BCUT2D eigenvalue weighted by molar-refractivity contribution is 6.31. The zero-order valence-corrected chi connectivity index (χ0v) is 13.2. The third-order valence-electron chi connectivity index (χ3n) is 3.27. The van der Waals surface area contributed by atoms with Gasteiger partial charge in [-0.15, -0.1) is 0 Å². The first-order valence-corrected chi connectivity index (χ1v) is 6.87. The van der Waals surface area contributed by atoms with Gasteiger partial charge in [-0.1, -0.05) is 17.7 Å². The molecule has 19 heavy (non-hydrogen) atoms. The normalized spacial score (nSPS) is 13.4. The molecule has 0 heterocycles. The molecule has 108 valence electrons. The van der Waals surface area contributed by atoms with E-state index in [0.717, 1.165) is 22.8 Å². The molecule has 0 spiro atoms. The molecule has 0 saturated heterocycles. The maximum atomic E-state index is 6.21. The minimum Gasteiger partial charge on any atom is -0.496 e. The van der Waals surface area contributed by atoms with Crippen LogP contribution in [0.4, 0.5) is 0 Å². The summed E-state index contributed by atoms with van der Waals surface area (Å²) in [6, 6.07) is 6.02. The molecule has 0 aliphatic carbocycles. The van der Waals surface area contributed by atoms with Crippen molar-refractivity contribution in [2.45, 2.75) is 45.4 Å². The minimum absolute atomic E-state index is 0.128. The number of nitrogens with one attached hydrogen (secondary N) is 1. The average Bonchev–Trinajstić information content (AvgIpc) is 2.36. The second-order valence-electron chi connectivity index (χ2n) is 5.37. The van der Waals surface area contributed by atoms with Crippen molar-refractivity contribution in [2.75, 3.05) is 14.2 Å². The molecule has 4 heteroatoms. The van der Waals surface area contributed by atoms with Crippen LogP contribution >= 0.6 is 11.6 Å². The molecule has 0 aliphatic heterocycles. The Morgan fingerprint density at radius 3 is 2.58 bits per heavy atom. The van der Waals surface area contributed by atoms with Crippen molar-refractivity contribution in [3.8, 4) is 5.75 Å². The first-order valence-electron chi connectivity index (χ1n) is 6.49. The van der Waals surface area contributed by atoms with E-state index in [0.29, 0.717) is 12.6 Å². The number of rotatable bonds is 7. The molecular formula is C15H24ClNO2. The third-order valence-corrected chi connectivity index (χ3v) is 3.63. The second kappa shape index (κ2) is 7.13. The van der Waals surface area contributed by atoms with E-state index in [4.69, 9.17) is 21.1 Å². The molecule has 0 aromatic heterocycles. The van der Waals surface area contributed by atoms with Crippen LogP contribution < -0.4 is 10.1 Å². The maximum absolute atomic E-state index is 6.21. The van der Waals surface area contributed by atoms with E-state index in [1.54, 1.807) is 14.2 Å². The summed E-state index contributed by atoms with van der Waals surface area (Å²) in [5, 5.41) is 4.19. The van der Waals surface area contributed by atoms with Crippen LogP contribution in [-0.2, 0) is 11.3 Å². The van der Waals surface area contributed by atoms with Gasteiger partial charge in [0.2, 0.25) is 0 Å². The van der Waals surface area contributed by atoms with Gasteiger partial charge in [0, 0.05) is 30.3 Å². The van der Waals surface area contributed by atoms with E-state index < -0.39 is 0 Å². The third kappa shape index (κ3) is 5.01. The van der Waals surface area contributed by atoms with Gasteiger partial charge < -0.3 is 14.8 Å². The van der Waals surface area contributed by atoms with Crippen molar-refractivity contribution in [3.63, 3.8) is 0 Å². The van der Waals surface area contributed by atoms with Crippen molar-refractivity contribution in [3.05, 3.63) is 28.8 Å². The van der Waals surface area contributed by atoms with Crippen LogP contribution in [0.2, 0.25) is 5.02 Å². The van der Waals surface area contributed by atoms with E-state index in [9.17, 15) is 0 Å². The molecular weight excluding hydrogens is 262 g/mol. The number of hydrogen-bond acceptors (Lipinski definition) is 3. The summed E-state index contributed by atoms with van der Waals surface area (Å²) in [4.78, 5) is 0. The fourth-order valence-electron chi connectivity index (χ4n) is 2.07. The smallest absolute Gasteiger partial charge is 0.124 e. The van der Waals surface area contributed by atoms with Crippen LogP contribution in [0.15, 0.2) is 18.2 Å². The molecule has 0 aliphatic rings. The van der Waals surface area contributed by atoms with E-state index in [1.165, 1.54) is 0 Å². The fraction of sp³-hybridized carbons (Fsp3) is 0.600. The Kier molecular flexibility index (Phi) is 6.11. The Hall–Kier alpha value is -0.770. The largest absolute Gasteiger partial charge is 0.496 e. The average molecular weight is 286 g/mol. The zero-order chi connectivity index (χ0) is 14.5. The summed E-state index contributed by atoms with van der Waals surface area (Å²) in [7, 11) is 3.40. The van der Waals surface area contributed by atoms with Gasteiger partial charge in [0.15, 0.2) is 0 Å². The molecule has 0 bridgehead atoms. The lowest BCUT2D eigenvalue weighted by Gasteiger charge is -2.27. The molecule has 1 N–H and O–H groups in total. The van der Waals surface area contributed by atoms with Crippen molar-refractivity contribution >= 4 is 11.6 Å². The quantitative estimate of drug-likeness (QED) is 0.830. The lowest BCUT2D eigenvalue weighted by atomic mass is 9.99. The van der Waals surface area contributed by atoms with Crippen molar-refractivity contribution in [1.29, 1.82) is 0 Å². The lowest BCUT2D eigenvalue weighted by molar-refractivity contribution is 0.00844. The predicted octanol–water partition coefficient (Wildman–Crippen LogP) is 3.64. The lowest BCUT2D eigenvalue weighted by Crippen LogP contribution is -2.35. The monoisotopic (exact) mass is 285 g/mol. The Balaban J connectivity index is 2.62. The molecule has 0 amide bonds. The number of ether oxygens (including phenoxy) is 2. The van der Waals surface area contributed by atoms with Crippen molar-refractivity contribution in [1.82, 2.24) is 5.32 Å². The molecule has 1 aromatic rings. The summed E-state index contributed by atoms with van der Waals surface area (Å²) in [5.41, 5.74) is 0.866. The molecule has 1 atom stereocenters. The van der Waals surface area contributed by atoms with Gasteiger partial charge in [-0.2, -0.15) is 0 Å². The standard InChI is InChI=1S/C15H24ClNO2/c1-11(9-15(2,3)19-5)17-10-12-13(16)7-6-8-14(12)18-4/h6-8,11,17H,9-10H2,1-5H3. The maximum Gasteiger partial charge on any atom is 0.124 e. The van der Waals surface area contributed by atoms with Crippen molar-refractivity contribution in [2.24, 2.45) is 0 Å². The van der Waals surface area contributed by atoms with E-state index in [-0.39, 0.29) is 5.60 Å². The minimum atomic E-state index is -0.128. The van der Waals surface area contributed by atoms with Gasteiger partial charge in [0.25, 0.3) is 0 Å². The Morgan fingerprint density at radius 1 is 1.32 bits per heavy atom. The van der Waals surface area contributed by atoms with Gasteiger partial charge in [-0.05, 0) is 39.3 Å². The highest BCUT2D eigenvalue weighted by atomic mass is 35.5. The molecule has 0 radical (unpaired) electrons. The summed E-state index contributed by atoms with van der Waals surface area (Å²) >= 11 is 6.21. The highest BCUT2D eigenvalue weighted by Crippen LogP contribution is 2.26. The fourth-order valence-corrected chi connectivity index (χ4v) is 2.30. The van der Waals surface area contributed by atoms with Crippen LogP contribution in [0.3, 0.4) is 0 Å². The Morgan fingerprint density at radius 2 is 2.00 bits per heavy atom. The van der Waals surface area contributed by atoms with Gasteiger partial charge in [-0.25, -0.2) is 0 Å². The van der Waals surface area contributed by atoms with Gasteiger partial charge in [0.1, 0.15) is 5.75 Å². The van der Waals surface area contributed by atoms with E-state index >= 15 is 0 Å². The topological polar surface area (TPSA) is 30.5 Å². The van der Waals surface area contributed by atoms with Gasteiger partial charge >= 0.3 is 0 Å². The second-order valence-corrected chi connectivity index (χ2v) is 5.78. The first-order chi connectivity index (χ1) is 8.89. The van der Waals surface area contributed by atoms with E-state index in [2.05, 4.69) is 26.1 Å². The molecule has 0 fully saturated rings. The molecule has 0 saturated carbocycles. The highest BCUT2D eigenvalue weighted by Gasteiger charge is 2.20. The predicted molar refractivity (Wildman–Crippen MR) is 80.0 cm³/mol. The summed E-state index contributed by atoms with van der Waals surface area (Å²) < 4.78 is 10.8. The summed E-state index contributed by atoms with van der Waals surface area (Å²) in [6.45, 7) is 7.00. The summed E-state index contributed by atoms with van der Waals surface area (Å²) in [5.74, 6) is 0.818. The van der Waals surface area contributed by atoms with Crippen LogP contribution in [0.1, 0.15) is 32.8 Å². The summed E-state index contributed by atoms with van der Waals surface area (Å²) in [6.07, 6.45) is 0.927. The van der Waals surface area contributed by atoms with Crippen LogP contribution in [0.5, 0.6) is 5.75 Å². The van der Waals surface area contributed by atoms with Crippen molar-refractivity contribution < 1.29 is 9.47 Å². The van der Waals surface area contributed by atoms with Gasteiger partial charge in [0.05, 0.1) is 12.7 Å².